The van der Waals surface area contributed by atoms with E-state index in [1.807, 2.05) is 4.90 Å². The van der Waals surface area contributed by atoms with E-state index in [0.29, 0.717) is 12.5 Å². The number of hydrogen-bond acceptors (Lipinski definition) is 2. The van der Waals surface area contributed by atoms with Gasteiger partial charge < -0.3 is 4.90 Å². The molecule has 4 heteroatoms. The maximum atomic E-state index is 13.0. The molecule has 1 amide bonds. The first kappa shape index (κ1) is 16.9. The highest BCUT2D eigenvalue weighted by Crippen LogP contribution is 2.24. The number of carbonyl (C=O) groups excluding carboxylic acids is 1. The van der Waals surface area contributed by atoms with Gasteiger partial charge in [-0.25, -0.2) is 4.39 Å². The summed E-state index contributed by atoms with van der Waals surface area (Å²) >= 11 is 0. The lowest BCUT2D eigenvalue weighted by molar-refractivity contribution is -0.133. The van der Waals surface area contributed by atoms with Gasteiger partial charge in [-0.1, -0.05) is 19.1 Å². The largest absolute Gasteiger partial charge is 0.340 e. The molecule has 0 aromatic heterocycles. The molecule has 0 bridgehead atoms. The minimum atomic E-state index is -0.227. The van der Waals surface area contributed by atoms with Crippen LogP contribution in [0.3, 0.4) is 0 Å². The molecule has 22 heavy (non-hydrogen) atoms. The average Bonchev–Trinajstić information content (AvgIpc) is 2.53. The molecule has 1 aromatic rings. The van der Waals surface area contributed by atoms with E-state index in [4.69, 9.17) is 0 Å². The van der Waals surface area contributed by atoms with E-state index >= 15 is 0 Å². The van der Waals surface area contributed by atoms with Crippen molar-refractivity contribution < 1.29 is 9.18 Å². The number of carbonyl (C=O) groups is 1. The Kier molecular flexibility index (Phi) is 5.95. The Morgan fingerprint density at radius 2 is 1.73 bits per heavy atom. The number of halogens is 1. The van der Waals surface area contributed by atoms with Crippen LogP contribution in [-0.2, 0) is 4.79 Å². The van der Waals surface area contributed by atoms with Gasteiger partial charge in [-0.3, -0.25) is 9.69 Å². The molecule has 1 aromatic carbocycles. The first-order chi connectivity index (χ1) is 10.5. The number of nitrogens with zero attached hydrogens (tertiary/aromatic N) is 2. The molecule has 3 nitrogen and oxygen atoms in total. The Balaban J connectivity index is 1.91. The highest BCUT2D eigenvalue weighted by molar-refractivity contribution is 5.77. The van der Waals surface area contributed by atoms with Gasteiger partial charge in [-0.15, -0.1) is 0 Å². The van der Waals surface area contributed by atoms with E-state index in [-0.39, 0.29) is 17.6 Å². The second kappa shape index (κ2) is 7.73. The molecule has 0 aliphatic carbocycles. The van der Waals surface area contributed by atoms with Crippen molar-refractivity contribution in [3.63, 3.8) is 0 Å². The van der Waals surface area contributed by atoms with E-state index in [1.165, 1.54) is 12.1 Å². The number of rotatable bonds is 5. The zero-order valence-corrected chi connectivity index (χ0v) is 13.9. The van der Waals surface area contributed by atoms with Crippen LogP contribution >= 0.6 is 0 Å². The monoisotopic (exact) mass is 306 g/mol. The molecular weight excluding hydrogens is 279 g/mol. The third-order valence-electron chi connectivity index (χ3n) is 4.65. The summed E-state index contributed by atoms with van der Waals surface area (Å²) < 4.78 is 13.0. The summed E-state index contributed by atoms with van der Waals surface area (Å²) in [5, 5.41) is 0. The van der Waals surface area contributed by atoms with E-state index in [0.717, 1.165) is 38.2 Å². The maximum Gasteiger partial charge on any atom is 0.223 e. The predicted octanol–water partition coefficient (Wildman–Crippen LogP) is 3.26. The van der Waals surface area contributed by atoms with Crippen molar-refractivity contribution >= 4 is 5.91 Å². The lowest BCUT2D eigenvalue weighted by atomic mass is 9.92. The van der Waals surface area contributed by atoms with Gasteiger partial charge in [0.2, 0.25) is 5.91 Å². The van der Waals surface area contributed by atoms with Crippen LogP contribution in [0.1, 0.15) is 45.1 Å². The van der Waals surface area contributed by atoms with Crippen LogP contribution in [0.5, 0.6) is 0 Å². The fraction of sp³-hybridized carbons (Fsp3) is 0.611. The van der Waals surface area contributed by atoms with Crippen LogP contribution < -0.4 is 0 Å². The van der Waals surface area contributed by atoms with Crippen LogP contribution in [0, 0.1) is 5.82 Å². The van der Waals surface area contributed by atoms with Crippen LogP contribution in [0.25, 0.3) is 0 Å². The van der Waals surface area contributed by atoms with Crippen molar-refractivity contribution in [3.8, 4) is 0 Å². The summed E-state index contributed by atoms with van der Waals surface area (Å²) in [6.07, 6.45) is 1.41. The van der Waals surface area contributed by atoms with Crippen molar-refractivity contribution in [2.45, 2.75) is 45.6 Å². The summed E-state index contributed by atoms with van der Waals surface area (Å²) in [7, 11) is 0. The minimum absolute atomic E-state index is 0.177. The Bertz CT molecular complexity index is 478. The Hall–Kier alpha value is -1.42. The van der Waals surface area contributed by atoms with Gasteiger partial charge >= 0.3 is 0 Å². The molecule has 0 radical (unpaired) electrons. The second-order valence-electron chi connectivity index (χ2n) is 6.37. The lowest BCUT2D eigenvalue weighted by Gasteiger charge is -2.37. The molecule has 1 heterocycles. The Morgan fingerprint density at radius 3 is 2.23 bits per heavy atom. The van der Waals surface area contributed by atoms with Crippen molar-refractivity contribution in [1.29, 1.82) is 0 Å². The van der Waals surface area contributed by atoms with Crippen LogP contribution in [0.2, 0.25) is 0 Å². The fourth-order valence-corrected chi connectivity index (χ4v) is 3.06. The maximum absolute atomic E-state index is 13.0. The van der Waals surface area contributed by atoms with Gasteiger partial charge in [0.05, 0.1) is 0 Å². The van der Waals surface area contributed by atoms with E-state index in [1.54, 1.807) is 12.1 Å². The second-order valence-corrected chi connectivity index (χ2v) is 6.37. The van der Waals surface area contributed by atoms with E-state index in [9.17, 15) is 9.18 Å². The molecule has 1 aliphatic heterocycles. The molecule has 1 fully saturated rings. The van der Waals surface area contributed by atoms with Crippen molar-refractivity contribution in [3.05, 3.63) is 35.6 Å². The fourth-order valence-electron chi connectivity index (χ4n) is 3.06. The summed E-state index contributed by atoms with van der Waals surface area (Å²) in [6.45, 7) is 10.0. The van der Waals surface area contributed by atoms with Crippen LogP contribution in [0.15, 0.2) is 24.3 Å². The molecule has 1 aliphatic rings. The van der Waals surface area contributed by atoms with Crippen molar-refractivity contribution in [1.82, 2.24) is 9.80 Å². The highest BCUT2D eigenvalue weighted by Gasteiger charge is 2.24. The third-order valence-corrected chi connectivity index (χ3v) is 4.65. The number of hydrogen-bond donors (Lipinski definition) is 0. The van der Waals surface area contributed by atoms with Crippen molar-refractivity contribution in [2.75, 3.05) is 26.2 Å². The zero-order valence-electron chi connectivity index (χ0n) is 13.9. The van der Waals surface area contributed by atoms with E-state index in [2.05, 4.69) is 25.7 Å². The first-order valence-electron chi connectivity index (χ1n) is 8.28. The Morgan fingerprint density at radius 1 is 1.14 bits per heavy atom. The Labute approximate surface area is 133 Å². The molecular formula is C18H27FN2O. The third kappa shape index (κ3) is 4.29. The minimum Gasteiger partial charge on any atom is -0.340 e. The smallest absolute Gasteiger partial charge is 0.223 e. The summed E-state index contributed by atoms with van der Waals surface area (Å²) in [6, 6.07) is 7.09. The van der Waals surface area contributed by atoms with Crippen LogP contribution in [0.4, 0.5) is 4.39 Å². The molecule has 0 spiro atoms. The predicted molar refractivity (Wildman–Crippen MR) is 87.3 cm³/mol. The topological polar surface area (TPSA) is 23.6 Å². The first-order valence-corrected chi connectivity index (χ1v) is 8.28. The molecule has 0 N–H and O–H groups in total. The number of amides is 1. The quantitative estimate of drug-likeness (QED) is 0.833. The molecule has 2 rings (SSSR count). The van der Waals surface area contributed by atoms with Gasteiger partial charge in [0.15, 0.2) is 0 Å². The molecule has 1 atom stereocenters. The van der Waals surface area contributed by atoms with Gasteiger partial charge in [0, 0.05) is 38.6 Å². The zero-order chi connectivity index (χ0) is 16.1. The summed E-state index contributed by atoms with van der Waals surface area (Å²) in [5.41, 5.74) is 1.05. The van der Waals surface area contributed by atoms with Crippen molar-refractivity contribution in [2.24, 2.45) is 0 Å². The molecule has 0 saturated carbocycles. The normalized spacial score (nSPS) is 17.8. The lowest BCUT2D eigenvalue weighted by Crippen LogP contribution is -2.50. The van der Waals surface area contributed by atoms with Gasteiger partial charge in [0.25, 0.3) is 0 Å². The highest BCUT2D eigenvalue weighted by atomic mass is 19.1. The summed E-state index contributed by atoms with van der Waals surface area (Å²) in [5.74, 6) is 0.172. The average molecular weight is 306 g/mol. The SMILES string of the molecule is CC[C@@H](CC(=O)N1CCN(C(C)C)CC1)c1ccc(F)cc1. The number of piperazine rings is 1. The van der Waals surface area contributed by atoms with Gasteiger partial charge in [-0.05, 0) is 43.9 Å². The molecule has 1 saturated heterocycles. The summed E-state index contributed by atoms with van der Waals surface area (Å²) in [4.78, 5) is 16.9. The molecule has 122 valence electrons. The van der Waals surface area contributed by atoms with Crippen LogP contribution in [-0.4, -0.2) is 47.9 Å². The molecule has 0 unspecified atom stereocenters. The van der Waals surface area contributed by atoms with E-state index < -0.39 is 0 Å². The van der Waals surface area contributed by atoms with Gasteiger partial charge in [-0.2, -0.15) is 0 Å². The standard InChI is InChI=1S/C18H27FN2O/c1-4-15(16-5-7-17(19)8-6-16)13-18(22)21-11-9-20(10-12-21)14(2)3/h5-8,14-15H,4,9-13H2,1-3H3/t15-/m0/s1. The van der Waals surface area contributed by atoms with Gasteiger partial charge in [0.1, 0.15) is 5.82 Å². The number of benzene rings is 1.